The van der Waals surface area contributed by atoms with Gasteiger partial charge in [-0.05, 0) is 40.4 Å². The molecule has 7 atom stereocenters. The Kier molecular flexibility index (Phi) is 6.59. The van der Waals surface area contributed by atoms with Gasteiger partial charge < -0.3 is 29.1 Å². The van der Waals surface area contributed by atoms with Crippen molar-refractivity contribution in [3.63, 3.8) is 0 Å². The molecule has 31 heavy (non-hydrogen) atoms. The molecule has 2 saturated heterocycles. The minimum Gasteiger partial charge on any atom is -0.412 e. The van der Waals surface area contributed by atoms with E-state index in [1.807, 2.05) is 6.92 Å². The average molecular weight is 515 g/mol. The monoisotopic (exact) mass is 513 g/mol. The Labute approximate surface area is 199 Å². The Balaban J connectivity index is 2.08. The molecule has 2 aliphatic heterocycles. The van der Waals surface area contributed by atoms with Crippen molar-refractivity contribution < 1.29 is 28.5 Å². The van der Waals surface area contributed by atoms with E-state index in [9.17, 15) is 9.90 Å². The van der Waals surface area contributed by atoms with Gasteiger partial charge in [0.1, 0.15) is 11.7 Å². The second kappa shape index (κ2) is 8.00. The lowest BCUT2D eigenvalue weighted by atomic mass is 9.63. The third-order valence-corrected chi connectivity index (χ3v) is 7.65. The van der Waals surface area contributed by atoms with Crippen molar-refractivity contribution in [1.29, 1.82) is 0 Å². The molecule has 0 aromatic heterocycles. The van der Waals surface area contributed by atoms with Gasteiger partial charge in [-0.2, -0.15) is 0 Å². The van der Waals surface area contributed by atoms with Crippen LogP contribution in [0.5, 0.6) is 0 Å². The van der Waals surface area contributed by atoms with Gasteiger partial charge in [0, 0.05) is 12.3 Å². The maximum Gasteiger partial charge on any atom is 0.272 e. The Morgan fingerprint density at radius 1 is 1.29 bits per heavy atom. The van der Waals surface area contributed by atoms with Crippen molar-refractivity contribution in [2.75, 3.05) is 6.61 Å². The number of alkyl halides is 3. The third kappa shape index (κ3) is 4.91. The van der Waals surface area contributed by atoms with Gasteiger partial charge in [0.05, 0.1) is 30.5 Å². The number of nitrogens with one attached hydrogen (secondary N) is 1. The normalized spacial score (nSPS) is 40.5. The molecule has 0 spiro atoms. The van der Waals surface area contributed by atoms with Gasteiger partial charge in [-0.1, -0.05) is 40.7 Å². The molecule has 7 nitrogen and oxygen atoms in total. The maximum absolute atomic E-state index is 12.8. The zero-order chi connectivity index (χ0) is 23.6. The molecule has 0 aromatic rings. The largest absolute Gasteiger partial charge is 0.412 e. The number of fused-ring (bicyclic) bond motifs is 1. The maximum atomic E-state index is 12.8. The lowest BCUT2D eigenvalue weighted by molar-refractivity contribution is -0.158. The number of terminal acetylenes is 1. The molecule has 176 valence electrons. The summed E-state index contributed by atoms with van der Waals surface area (Å²) in [5.41, 5.74) is -2.04. The van der Waals surface area contributed by atoms with Crippen LogP contribution < -0.4 is 5.32 Å². The van der Waals surface area contributed by atoms with E-state index in [-0.39, 0.29) is 13.0 Å². The number of rotatable bonds is 5. The molecule has 3 aliphatic rings. The molecule has 0 bridgehead atoms. The number of hydrogen-bond donors (Lipinski definition) is 2. The second-order valence-corrected chi connectivity index (χ2v) is 16.8. The molecular formula is C20H30Cl3NO6Si. The topological polar surface area (TPSA) is 89.6 Å². The first-order valence-electron chi connectivity index (χ1n) is 10.2. The van der Waals surface area contributed by atoms with Crippen LogP contribution in [0.15, 0.2) is 0 Å². The summed E-state index contributed by atoms with van der Waals surface area (Å²) in [6.45, 7) is 11.9. The smallest absolute Gasteiger partial charge is 0.272 e. The molecular weight excluding hydrogens is 485 g/mol. The summed E-state index contributed by atoms with van der Waals surface area (Å²) in [6, 6.07) is 0. The third-order valence-electron chi connectivity index (χ3n) is 6.15. The SMILES string of the molecule is C#C[C@@H](O)[C@]1(NC(=O)C(Cl)(Cl)Cl)C[C@H](O[Si](C)(C)C)[C@@]2(C)O[C@H]2[C@@H]1[C@H]1COC(C)(C)O1. The molecule has 0 aromatic carbocycles. The molecule has 1 amide bonds. The summed E-state index contributed by atoms with van der Waals surface area (Å²) in [5, 5.41) is 13.8. The zero-order valence-corrected chi connectivity index (χ0v) is 21.8. The van der Waals surface area contributed by atoms with E-state index < -0.39 is 65.3 Å². The van der Waals surface area contributed by atoms with Gasteiger partial charge in [-0.15, -0.1) is 6.42 Å². The fourth-order valence-electron chi connectivity index (χ4n) is 4.78. The van der Waals surface area contributed by atoms with Crippen LogP contribution in [-0.4, -0.2) is 71.1 Å². The highest BCUT2D eigenvalue weighted by atomic mass is 35.6. The lowest BCUT2D eigenvalue weighted by Gasteiger charge is -2.50. The molecule has 0 unspecified atom stereocenters. The van der Waals surface area contributed by atoms with Crippen molar-refractivity contribution in [2.45, 2.75) is 92.0 Å². The lowest BCUT2D eigenvalue weighted by Crippen LogP contribution is -2.71. The molecule has 3 fully saturated rings. The first-order chi connectivity index (χ1) is 14.0. The summed E-state index contributed by atoms with van der Waals surface area (Å²) < 4.78 is 22.2. The minimum absolute atomic E-state index is 0.160. The summed E-state index contributed by atoms with van der Waals surface area (Å²) >= 11 is 17.6. The highest BCUT2D eigenvalue weighted by Gasteiger charge is 2.74. The summed E-state index contributed by atoms with van der Waals surface area (Å²) in [7, 11) is -2.03. The summed E-state index contributed by atoms with van der Waals surface area (Å²) in [6.07, 6.45) is 3.03. The number of epoxide rings is 1. The van der Waals surface area contributed by atoms with Crippen LogP contribution in [0, 0.1) is 18.3 Å². The molecule has 1 aliphatic carbocycles. The average Bonchev–Trinajstić information content (AvgIpc) is 3.16. The van der Waals surface area contributed by atoms with E-state index >= 15 is 0 Å². The van der Waals surface area contributed by atoms with Crippen molar-refractivity contribution >= 4 is 49.0 Å². The standard InChI is InChI=1S/C20H30Cl3NO6Si/c1-8-12(25)19(24-16(26)20(21,22)23)9-13(30-31(5,6)7)18(4)15(29-18)14(19)11-10-27-17(2,3)28-11/h1,11-15,25H,9-10H2,2-7H3,(H,24,26)/t11-,12-,13+,14+,15+,18-,19-/m1/s1. The number of amides is 1. The fourth-order valence-corrected chi connectivity index (χ4v) is 6.09. The summed E-state index contributed by atoms with van der Waals surface area (Å²) in [4.78, 5) is 12.8. The highest BCUT2D eigenvalue weighted by molar-refractivity contribution is 6.76. The van der Waals surface area contributed by atoms with Gasteiger partial charge in [0.25, 0.3) is 9.70 Å². The molecule has 2 N–H and O–H groups in total. The van der Waals surface area contributed by atoms with Crippen molar-refractivity contribution in [2.24, 2.45) is 5.92 Å². The first-order valence-corrected chi connectivity index (χ1v) is 14.7. The molecule has 3 rings (SSSR count). The van der Waals surface area contributed by atoms with Gasteiger partial charge >= 0.3 is 0 Å². The van der Waals surface area contributed by atoms with Gasteiger partial charge in [0.15, 0.2) is 14.1 Å². The quantitative estimate of drug-likeness (QED) is 0.254. The van der Waals surface area contributed by atoms with Gasteiger partial charge in [-0.25, -0.2) is 0 Å². The first kappa shape index (κ1) is 25.5. The predicted molar refractivity (Wildman–Crippen MR) is 121 cm³/mol. The number of halogens is 3. The Morgan fingerprint density at radius 3 is 2.35 bits per heavy atom. The number of aliphatic hydroxyl groups excluding tert-OH is 1. The molecule has 0 radical (unpaired) electrons. The highest BCUT2D eigenvalue weighted by Crippen LogP contribution is 2.58. The molecule has 2 heterocycles. The molecule has 1 saturated carbocycles. The summed E-state index contributed by atoms with van der Waals surface area (Å²) in [5.74, 6) is 0.0535. The minimum atomic E-state index is -2.25. The van der Waals surface area contributed by atoms with Crippen LogP contribution in [0.4, 0.5) is 0 Å². The van der Waals surface area contributed by atoms with Crippen molar-refractivity contribution in [3.8, 4) is 12.3 Å². The van der Waals surface area contributed by atoms with Crippen molar-refractivity contribution in [3.05, 3.63) is 0 Å². The fraction of sp³-hybridized carbons (Fsp3) is 0.850. The van der Waals surface area contributed by atoms with Gasteiger partial charge in [-0.3, -0.25) is 4.79 Å². The molecule has 11 heteroatoms. The van der Waals surface area contributed by atoms with E-state index in [4.69, 9.17) is 59.9 Å². The second-order valence-electron chi connectivity index (χ2n) is 10.1. The number of carbonyl (C=O) groups is 1. The van der Waals surface area contributed by atoms with Crippen LogP contribution in [-0.2, 0) is 23.4 Å². The van der Waals surface area contributed by atoms with Crippen LogP contribution in [0.2, 0.25) is 19.6 Å². The number of ether oxygens (including phenoxy) is 3. The number of hydrogen-bond acceptors (Lipinski definition) is 6. The number of aliphatic hydroxyl groups is 1. The predicted octanol–water partition coefficient (Wildman–Crippen LogP) is 2.75. The van der Waals surface area contributed by atoms with E-state index in [1.165, 1.54) is 0 Å². The van der Waals surface area contributed by atoms with E-state index in [0.717, 1.165) is 0 Å². The van der Waals surface area contributed by atoms with E-state index in [0.29, 0.717) is 0 Å². The van der Waals surface area contributed by atoms with Crippen LogP contribution in [0.3, 0.4) is 0 Å². The van der Waals surface area contributed by atoms with E-state index in [1.54, 1.807) is 13.8 Å². The van der Waals surface area contributed by atoms with E-state index in [2.05, 4.69) is 30.9 Å². The zero-order valence-electron chi connectivity index (χ0n) is 18.5. The Morgan fingerprint density at radius 2 is 1.90 bits per heavy atom. The van der Waals surface area contributed by atoms with Crippen LogP contribution in [0.25, 0.3) is 0 Å². The Hall–Kier alpha value is -0.0831. The Bertz CT molecular complexity index is 778. The van der Waals surface area contributed by atoms with Gasteiger partial charge in [0.2, 0.25) is 0 Å². The van der Waals surface area contributed by atoms with Crippen LogP contribution in [0.1, 0.15) is 27.2 Å². The van der Waals surface area contributed by atoms with Crippen LogP contribution >= 0.6 is 34.8 Å². The number of carbonyl (C=O) groups excluding carboxylic acids is 1. The van der Waals surface area contributed by atoms with Crippen molar-refractivity contribution in [1.82, 2.24) is 5.32 Å².